The van der Waals surface area contributed by atoms with Crippen LogP contribution in [-0.4, -0.2) is 23.3 Å². The topological polar surface area (TPSA) is 66.4 Å². The highest BCUT2D eigenvalue weighted by Gasteiger charge is 2.39. The summed E-state index contributed by atoms with van der Waals surface area (Å²) in [6, 6.07) is 1.56. The number of benzene rings is 1. The summed E-state index contributed by atoms with van der Waals surface area (Å²) >= 11 is 0. The zero-order chi connectivity index (χ0) is 18.1. The Morgan fingerprint density at radius 2 is 1.84 bits per heavy atom. The van der Waals surface area contributed by atoms with E-state index in [-0.39, 0.29) is 23.4 Å². The molecule has 2 aliphatic rings. The van der Waals surface area contributed by atoms with Crippen molar-refractivity contribution < 1.29 is 14.7 Å². The number of hydrogen-bond donors (Lipinski definition) is 2. The van der Waals surface area contributed by atoms with Gasteiger partial charge in [-0.3, -0.25) is 9.59 Å². The number of nitrogens with one attached hydrogen (secondary N) is 1. The lowest BCUT2D eigenvalue weighted by molar-refractivity contribution is -0.118. The number of phenolic OH excluding ortho intramolecular Hbond substituents is 1. The molecule has 0 spiro atoms. The van der Waals surface area contributed by atoms with Crippen molar-refractivity contribution in [1.29, 1.82) is 0 Å². The Morgan fingerprint density at radius 3 is 2.44 bits per heavy atom. The number of carbonyl (C=O) groups excluding carboxylic acids is 2. The molecule has 0 aromatic heterocycles. The zero-order valence-corrected chi connectivity index (χ0v) is 15.5. The largest absolute Gasteiger partial charge is 0.508 e. The minimum Gasteiger partial charge on any atom is -0.508 e. The minimum atomic E-state index is -0.232. The van der Waals surface area contributed by atoms with Gasteiger partial charge in [-0.25, -0.2) is 0 Å². The molecule has 1 saturated carbocycles. The Hall–Kier alpha value is -1.84. The normalized spacial score (nSPS) is 23.3. The van der Waals surface area contributed by atoms with Crippen LogP contribution in [0.15, 0.2) is 6.07 Å². The van der Waals surface area contributed by atoms with Crippen molar-refractivity contribution in [2.24, 2.45) is 5.92 Å². The molecule has 2 N–H and O–H groups in total. The van der Waals surface area contributed by atoms with Gasteiger partial charge in [-0.1, -0.05) is 12.8 Å². The number of hydrogen-bond acceptors (Lipinski definition) is 3. The van der Waals surface area contributed by atoms with E-state index < -0.39 is 0 Å². The molecule has 1 amide bonds. The Morgan fingerprint density at radius 1 is 1.16 bits per heavy atom. The van der Waals surface area contributed by atoms with Crippen LogP contribution in [0.25, 0.3) is 0 Å². The maximum Gasteiger partial charge on any atom is 0.251 e. The van der Waals surface area contributed by atoms with Gasteiger partial charge in [0.05, 0.1) is 0 Å². The summed E-state index contributed by atoms with van der Waals surface area (Å²) in [5.74, 6) is 0.827. The van der Waals surface area contributed by atoms with E-state index in [1.807, 2.05) is 13.8 Å². The van der Waals surface area contributed by atoms with E-state index in [0.29, 0.717) is 23.9 Å². The van der Waals surface area contributed by atoms with Gasteiger partial charge in [-0.05, 0) is 81.0 Å². The molecule has 2 unspecified atom stereocenters. The van der Waals surface area contributed by atoms with Gasteiger partial charge >= 0.3 is 0 Å². The van der Waals surface area contributed by atoms with Crippen LogP contribution < -0.4 is 5.32 Å². The molecule has 3 rings (SSSR count). The molecule has 2 aliphatic carbocycles. The van der Waals surface area contributed by atoms with Crippen LogP contribution in [0.5, 0.6) is 5.75 Å². The Labute approximate surface area is 150 Å². The summed E-state index contributed by atoms with van der Waals surface area (Å²) in [5.41, 5.74) is 3.31. The average molecular weight is 343 g/mol. The summed E-state index contributed by atoms with van der Waals surface area (Å²) in [6.45, 7) is 5.95. The number of phenols is 1. The van der Waals surface area contributed by atoms with Crippen molar-refractivity contribution in [2.45, 2.75) is 71.1 Å². The fourth-order valence-corrected chi connectivity index (χ4v) is 4.98. The quantitative estimate of drug-likeness (QED) is 0.861. The summed E-state index contributed by atoms with van der Waals surface area (Å²) in [5, 5.41) is 13.3. The summed E-state index contributed by atoms with van der Waals surface area (Å²) < 4.78 is 0. The van der Waals surface area contributed by atoms with Crippen molar-refractivity contribution >= 4 is 11.7 Å². The third kappa shape index (κ3) is 3.19. The van der Waals surface area contributed by atoms with Gasteiger partial charge in [-0.15, -0.1) is 0 Å². The molecule has 1 fully saturated rings. The van der Waals surface area contributed by atoms with Gasteiger partial charge in [0.15, 0.2) is 0 Å². The second-order valence-corrected chi connectivity index (χ2v) is 7.65. The molecular formula is C21H29NO3. The van der Waals surface area contributed by atoms with Crippen LogP contribution in [0, 0.1) is 12.8 Å². The van der Waals surface area contributed by atoms with Gasteiger partial charge in [0.25, 0.3) is 5.91 Å². The number of ketones is 1. The Bertz CT molecular complexity index is 689. The number of rotatable bonds is 4. The average Bonchev–Trinajstić information content (AvgIpc) is 3.11. The molecule has 0 aliphatic heterocycles. The maximum atomic E-state index is 12.6. The number of aromatic hydroxyl groups is 1. The van der Waals surface area contributed by atoms with Crippen molar-refractivity contribution in [3.05, 3.63) is 28.3 Å². The molecule has 1 aromatic carbocycles. The van der Waals surface area contributed by atoms with Crippen LogP contribution in [0.2, 0.25) is 0 Å². The lowest BCUT2D eigenvalue weighted by Gasteiger charge is -2.36. The van der Waals surface area contributed by atoms with E-state index in [2.05, 4.69) is 5.32 Å². The predicted octanol–water partition coefficient (Wildman–Crippen LogP) is 4.19. The van der Waals surface area contributed by atoms with E-state index in [1.54, 1.807) is 13.0 Å². The van der Waals surface area contributed by atoms with E-state index in [0.717, 1.165) is 29.5 Å². The molecule has 136 valence electrons. The fraction of sp³-hybridized carbons (Fsp3) is 0.619. The Balaban J connectivity index is 2.20. The van der Waals surface area contributed by atoms with Crippen LogP contribution in [0.4, 0.5) is 0 Å². The van der Waals surface area contributed by atoms with Crippen molar-refractivity contribution in [1.82, 2.24) is 5.32 Å². The highest BCUT2D eigenvalue weighted by atomic mass is 16.3. The SMILES string of the molecule is CCNC(=O)c1cc(O)c(C)c2c1C(C(C)=O)CCC2C1CCCC1. The molecule has 1 aromatic rings. The number of Topliss-reactive ketones (excluding diaryl/α,β-unsaturated/α-hetero) is 1. The van der Waals surface area contributed by atoms with E-state index in [9.17, 15) is 14.7 Å². The zero-order valence-electron chi connectivity index (χ0n) is 15.5. The summed E-state index contributed by atoms with van der Waals surface area (Å²) in [6.07, 6.45) is 6.71. The highest BCUT2D eigenvalue weighted by Crippen LogP contribution is 2.51. The van der Waals surface area contributed by atoms with Gasteiger partial charge in [0, 0.05) is 18.0 Å². The highest BCUT2D eigenvalue weighted by molar-refractivity contribution is 5.99. The van der Waals surface area contributed by atoms with Crippen molar-refractivity contribution in [2.75, 3.05) is 6.54 Å². The first-order valence-electron chi connectivity index (χ1n) is 9.60. The molecule has 4 nitrogen and oxygen atoms in total. The minimum absolute atomic E-state index is 0.113. The Kier molecular flexibility index (Phi) is 5.16. The van der Waals surface area contributed by atoms with Crippen LogP contribution >= 0.6 is 0 Å². The maximum absolute atomic E-state index is 12.6. The molecule has 0 radical (unpaired) electrons. The predicted molar refractivity (Wildman–Crippen MR) is 98.2 cm³/mol. The first-order chi connectivity index (χ1) is 12.0. The van der Waals surface area contributed by atoms with Crippen molar-refractivity contribution in [3.63, 3.8) is 0 Å². The monoisotopic (exact) mass is 343 g/mol. The van der Waals surface area contributed by atoms with Gasteiger partial charge < -0.3 is 10.4 Å². The van der Waals surface area contributed by atoms with E-state index in [4.69, 9.17) is 0 Å². The number of amides is 1. The first kappa shape index (κ1) is 18.0. The van der Waals surface area contributed by atoms with Crippen LogP contribution in [0.1, 0.15) is 91.3 Å². The van der Waals surface area contributed by atoms with Crippen molar-refractivity contribution in [3.8, 4) is 5.75 Å². The first-order valence-corrected chi connectivity index (χ1v) is 9.60. The third-order valence-electron chi connectivity index (χ3n) is 6.18. The number of fused-ring (bicyclic) bond motifs is 1. The van der Waals surface area contributed by atoms with Gasteiger partial charge in [-0.2, -0.15) is 0 Å². The van der Waals surface area contributed by atoms with E-state index in [1.165, 1.54) is 25.7 Å². The van der Waals surface area contributed by atoms with Crippen LogP contribution in [0.3, 0.4) is 0 Å². The molecule has 0 bridgehead atoms. The standard InChI is InChI=1S/C21H29NO3/c1-4-22-21(25)17-11-18(24)12(2)19-16(14-7-5-6-8-14)10-9-15(13(3)23)20(17)19/h11,14-16,24H,4-10H2,1-3H3,(H,22,25). The molecule has 0 heterocycles. The molecular weight excluding hydrogens is 314 g/mol. The third-order valence-corrected chi connectivity index (χ3v) is 6.18. The van der Waals surface area contributed by atoms with Gasteiger partial charge in [0.2, 0.25) is 0 Å². The lowest BCUT2D eigenvalue weighted by Crippen LogP contribution is -2.30. The second-order valence-electron chi connectivity index (χ2n) is 7.65. The van der Waals surface area contributed by atoms with Crippen LogP contribution in [-0.2, 0) is 4.79 Å². The molecule has 4 heteroatoms. The lowest BCUT2D eigenvalue weighted by atomic mass is 9.67. The summed E-state index contributed by atoms with van der Waals surface area (Å²) in [4.78, 5) is 25.0. The fourth-order valence-electron chi connectivity index (χ4n) is 4.98. The molecule has 25 heavy (non-hydrogen) atoms. The molecule has 2 atom stereocenters. The smallest absolute Gasteiger partial charge is 0.251 e. The molecule has 0 saturated heterocycles. The van der Waals surface area contributed by atoms with E-state index >= 15 is 0 Å². The summed E-state index contributed by atoms with van der Waals surface area (Å²) in [7, 11) is 0. The number of carbonyl (C=O) groups is 2. The van der Waals surface area contributed by atoms with Gasteiger partial charge in [0.1, 0.15) is 11.5 Å². The second kappa shape index (κ2) is 7.19.